The van der Waals surface area contributed by atoms with E-state index in [9.17, 15) is 13.2 Å². The summed E-state index contributed by atoms with van der Waals surface area (Å²) in [6.07, 6.45) is -4.35. The van der Waals surface area contributed by atoms with E-state index in [1.165, 1.54) is 0 Å². The summed E-state index contributed by atoms with van der Waals surface area (Å²) in [5, 5.41) is 2.25. The van der Waals surface area contributed by atoms with Crippen LogP contribution in [0.5, 0.6) is 5.75 Å². The Bertz CT molecular complexity index is 1390. The maximum absolute atomic E-state index is 13.1. The normalized spacial score (nSPS) is 12.0. The van der Waals surface area contributed by atoms with Gasteiger partial charge in [0, 0.05) is 22.5 Å². The molecule has 0 fully saturated rings. The summed E-state index contributed by atoms with van der Waals surface area (Å²) in [6.45, 7) is 0. The fourth-order valence-corrected chi connectivity index (χ4v) is 5.41. The van der Waals surface area contributed by atoms with E-state index in [-0.39, 0.29) is 0 Å². The van der Waals surface area contributed by atoms with Gasteiger partial charge in [0.1, 0.15) is 5.75 Å². The average molecular weight is 437 g/mol. The van der Waals surface area contributed by atoms with Crippen molar-refractivity contribution in [2.45, 2.75) is 6.18 Å². The molecule has 0 spiro atoms. The summed E-state index contributed by atoms with van der Waals surface area (Å²) in [7, 11) is 3.60. The SMILES string of the molecule is COc1ccc(-c2c3c(sc4ccccc43)c(-c3ccc(C(F)(F)F)cc3)n2C)cc1. The first-order chi connectivity index (χ1) is 14.9. The lowest BCUT2D eigenvalue weighted by molar-refractivity contribution is -0.137. The van der Waals surface area contributed by atoms with E-state index in [1.807, 2.05) is 43.4 Å². The molecule has 5 rings (SSSR count). The maximum Gasteiger partial charge on any atom is 0.416 e. The number of methoxy groups -OCH3 is 1. The van der Waals surface area contributed by atoms with Crippen LogP contribution in [0.25, 0.3) is 42.7 Å². The molecule has 0 aliphatic rings. The number of rotatable bonds is 3. The van der Waals surface area contributed by atoms with Gasteiger partial charge in [0.05, 0.1) is 28.8 Å². The van der Waals surface area contributed by atoms with Crippen molar-refractivity contribution in [1.82, 2.24) is 4.57 Å². The Morgan fingerprint density at radius 1 is 0.806 bits per heavy atom. The molecule has 0 atom stereocenters. The number of aromatic nitrogens is 1. The van der Waals surface area contributed by atoms with E-state index in [2.05, 4.69) is 16.7 Å². The topological polar surface area (TPSA) is 14.2 Å². The Morgan fingerprint density at radius 3 is 2.06 bits per heavy atom. The van der Waals surface area contributed by atoms with Crippen LogP contribution < -0.4 is 4.74 Å². The molecule has 0 aliphatic carbocycles. The lowest BCUT2D eigenvalue weighted by Crippen LogP contribution is -2.04. The molecular formula is C25H18F3NOS. The summed E-state index contributed by atoms with van der Waals surface area (Å²) in [6, 6.07) is 21.4. The van der Waals surface area contributed by atoms with Crippen LogP contribution in [0.2, 0.25) is 0 Å². The van der Waals surface area contributed by atoms with Crippen LogP contribution in [-0.2, 0) is 13.2 Å². The Hall–Kier alpha value is -3.25. The third-order valence-corrected chi connectivity index (χ3v) is 6.74. The van der Waals surface area contributed by atoms with Crippen LogP contribution in [0.4, 0.5) is 13.2 Å². The van der Waals surface area contributed by atoms with E-state index in [0.717, 1.165) is 60.6 Å². The van der Waals surface area contributed by atoms with E-state index >= 15 is 0 Å². The minimum absolute atomic E-state index is 0.645. The Labute approximate surface area is 181 Å². The zero-order chi connectivity index (χ0) is 21.8. The smallest absolute Gasteiger partial charge is 0.416 e. The molecule has 0 bridgehead atoms. The Morgan fingerprint density at radius 2 is 1.42 bits per heavy atom. The molecule has 0 saturated heterocycles. The molecule has 2 aromatic heterocycles. The van der Waals surface area contributed by atoms with Gasteiger partial charge in [-0.1, -0.05) is 30.3 Å². The third-order valence-electron chi connectivity index (χ3n) is 5.57. The summed E-state index contributed by atoms with van der Waals surface area (Å²) in [4.78, 5) is 0. The highest BCUT2D eigenvalue weighted by Gasteiger charge is 2.30. The minimum atomic E-state index is -4.35. The van der Waals surface area contributed by atoms with Crippen molar-refractivity contribution in [3.8, 4) is 28.3 Å². The standard InChI is InChI=1S/C25H18F3NOS/c1-29-22(15-9-13-18(30-2)14-10-15)21-19-5-3-4-6-20(19)31-24(21)23(29)16-7-11-17(12-8-16)25(26,27)28/h3-14H,1-2H3. The second-order valence-electron chi connectivity index (χ2n) is 7.36. The van der Waals surface area contributed by atoms with Crippen molar-refractivity contribution in [2.75, 3.05) is 7.11 Å². The molecule has 31 heavy (non-hydrogen) atoms. The van der Waals surface area contributed by atoms with E-state index in [1.54, 1.807) is 30.6 Å². The number of benzene rings is 3. The molecular weight excluding hydrogens is 419 g/mol. The van der Waals surface area contributed by atoms with Crippen molar-refractivity contribution in [1.29, 1.82) is 0 Å². The van der Waals surface area contributed by atoms with Gasteiger partial charge in [-0.15, -0.1) is 11.3 Å². The summed E-state index contributed by atoms with van der Waals surface area (Å²) in [5.41, 5.74) is 3.08. The summed E-state index contributed by atoms with van der Waals surface area (Å²) in [5.74, 6) is 0.771. The van der Waals surface area contributed by atoms with Crippen molar-refractivity contribution in [3.05, 3.63) is 78.4 Å². The number of nitrogens with zero attached hydrogens (tertiary/aromatic N) is 1. The van der Waals surface area contributed by atoms with Gasteiger partial charge in [-0.3, -0.25) is 0 Å². The van der Waals surface area contributed by atoms with Crippen LogP contribution >= 0.6 is 11.3 Å². The minimum Gasteiger partial charge on any atom is -0.497 e. The molecule has 6 heteroatoms. The third kappa shape index (κ3) is 3.18. The van der Waals surface area contributed by atoms with Gasteiger partial charge in [0.25, 0.3) is 0 Å². The van der Waals surface area contributed by atoms with Crippen molar-refractivity contribution < 1.29 is 17.9 Å². The molecule has 156 valence electrons. The van der Waals surface area contributed by atoms with Crippen LogP contribution in [-0.4, -0.2) is 11.7 Å². The highest BCUT2D eigenvalue weighted by Crippen LogP contribution is 2.47. The van der Waals surface area contributed by atoms with Gasteiger partial charge in [0.15, 0.2) is 0 Å². The summed E-state index contributed by atoms with van der Waals surface area (Å²) >= 11 is 1.66. The van der Waals surface area contributed by atoms with Gasteiger partial charge in [0.2, 0.25) is 0 Å². The predicted molar refractivity (Wildman–Crippen MR) is 121 cm³/mol. The van der Waals surface area contributed by atoms with Crippen LogP contribution in [0.1, 0.15) is 5.56 Å². The number of halogens is 3. The van der Waals surface area contributed by atoms with Gasteiger partial charge in [-0.25, -0.2) is 0 Å². The van der Waals surface area contributed by atoms with Gasteiger partial charge < -0.3 is 9.30 Å². The van der Waals surface area contributed by atoms with Gasteiger partial charge in [-0.2, -0.15) is 13.2 Å². The zero-order valence-electron chi connectivity index (χ0n) is 16.8. The molecule has 2 nitrogen and oxygen atoms in total. The Kier molecular flexibility index (Phi) is 4.55. The maximum atomic E-state index is 13.1. The number of ether oxygens (including phenoxy) is 1. The lowest BCUT2D eigenvalue weighted by Gasteiger charge is -2.11. The van der Waals surface area contributed by atoms with Gasteiger partial charge in [-0.05, 0) is 53.6 Å². The lowest BCUT2D eigenvalue weighted by atomic mass is 10.1. The van der Waals surface area contributed by atoms with Crippen molar-refractivity contribution >= 4 is 31.5 Å². The number of hydrogen-bond acceptors (Lipinski definition) is 2. The van der Waals surface area contributed by atoms with E-state index < -0.39 is 11.7 Å². The fraction of sp³-hybridized carbons (Fsp3) is 0.120. The number of thiophene rings is 1. The molecule has 3 aromatic carbocycles. The first kappa shape index (κ1) is 19.7. The zero-order valence-corrected chi connectivity index (χ0v) is 17.6. The second-order valence-corrected chi connectivity index (χ2v) is 8.41. The molecule has 0 N–H and O–H groups in total. The summed E-state index contributed by atoms with van der Waals surface area (Å²) < 4.78 is 48.8. The highest BCUT2D eigenvalue weighted by atomic mass is 32.1. The van der Waals surface area contributed by atoms with E-state index in [4.69, 9.17) is 4.74 Å². The first-order valence-electron chi connectivity index (χ1n) is 9.70. The number of alkyl halides is 3. The quantitative estimate of drug-likeness (QED) is 0.281. The highest BCUT2D eigenvalue weighted by molar-refractivity contribution is 7.26. The van der Waals surface area contributed by atoms with Crippen molar-refractivity contribution in [2.24, 2.45) is 7.05 Å². The molecule has 5 aromatic rings. The molecule has 0 saturated carbocycles. The monoisotopic (exact) mass is 437 g/mol. The molecule has 0 aliphatic heterocycles. The molecule has 0 unspecified atom stereocenters. The fourth-order valence-electron chi connectivity index (χ4n) is 4.11. The first-order valence-corrected chi connectivity index (χ1v) is 10.5. The van der Waals surface area contributed by atoms with Crippen molar-refractivity contribution in [3.63, 3.8) is 0 Å². The second kappa shape index (κ2) is 7.17. The van der Waals surface area contributed by atoms with Crippen LogP contribution in [0.3, 0.4) is 0 Å². The molecule has 0 radical (unpaired) electrons. The van der Waals surface area contributed by atoms with E-state index in [0.29, 0.717) is 0 Å². The number of hydrogen-bond donors (Lipinski definition) is 0. The molecule has 2 heterocycles. The van der Waals surface area contributed by atoms with Gasteiger partial charge >= 0.3 is 6.18 Å². The predicted octanol–water partition coefficient (Wildman–Crippen LogP) is 7.75. The van der Waals surface area contributed by atoms with Crippen LogP contribution in [0, 0.1) is 0 Å². The number of fused-ring (bicyclic) bond motifs is 3. The Balaban J connectivity index is 1.80. The average Bonchev–Trinajstić information content (AvgIpc) is 3.26. The largest absolute Gasteiger partial charge is 0.497 e. The molecule has 0 amide bonds. The van der Waals surface area contributed by atoms with Crippen LogP contribution in [0.15, 0.2) is 72.8 Å².